The van der Waals surface area contributed by atoms with E-state index in [4.69, 9.17) is 9.47 Å². The third-order valence-corrected chi connectivity index (χ3v) is 4.88. The molecule has 0 aliphatic carbocycles. The second-order valence-corrected chi connectivity index (χ2v) is 7.89. The van der Waals surface area contributed by atoms with Gasteiger partial charge in [0.1, 0.15) is 0 Å². The van der Waals surface area contributed by atoms with E-state index in [1.54, 1.807) is 43.5 Å². The van der Waals surface area contributed by atoms with E-state index >= 15 is 0 Å². The number of ether oxygens (including phenoxy) is 2. The van der Waals surface area contributed by atoms with Crippen LogP contribution >= 0.6 is 11.3 Å². The Bertz CT molecular complexity index is 1060. The molecule has 1 aromatic heterocycles. The summed E-state index contributed by atoms with van der Waals surface area (Å²) in [6.45, 7) is 3.66. The molecule has 3 rings (SSSR count). The molecular formula is C23H23N3O5S. The molecule has 32 heavy (non-hydrogen) atoms. The summed E-state index contributed by atoms with van der Waals surface area (Å²) in [7, 11) is 0. The van der Waals surface area contributed by atoms with Crippen LogP contribution in [-0.2, 0) is 20.8 Å². The molecule has 0 saturated carbocycles. The molecule has 0 bridgehead atoms. The van der Waals surface area contributed by atoms with E-state index in [9.17, 15) is 14.4 Å². The number of thiazole rings is 1. The molecule has 0 aliphatic rings. The molecule has 9 heteroatoms. The number of anilines is 2. The Morgan fingerprint density at radius 1 is 1.00 bits per heavy atom. The maximum atomic E-state index is 12.2. The quantitative estimate of drug-likeness (QED) is 0.470. The first-order valence-corrected chi connectivity index (χ1v) is 10.8. The van der Waals surface area contributed by atoms with Gasteiger partial charge in [0.05, 0.1) is 11.7 Å². The molecule has 0 unspecified atom stereocenters. The van der Waals surface area contributed by atoms with Crippen LogP contribution in [0.1, 0.15) is 40.3 Å². The van der Waals surface area contributed by atoms with Gasteiger partial charge in [-0.05, 0) is 43.7 Å². The molecule has 0 aliphatic heterocycles. The molecular weight excluding hydrogens is 430 g/mol. The first-order valence-electron chi connectivity index (χ1n) is 9.92. The monoisotopic (exact) mass is 453 g/mol. The predicted octanol–water partition coefficient (Wildman–Crippen LogP) is 4.12. The van der Waals surface area contributed by atoms with Crippen LogP contribution in [-0.4, -0.2) is 35.5 Å². The number of amides is 1. The summed E-state index contributed by atoms with van der Waals surface area (Å²) in [5, 5.41) is 7.90. The van der Waals surface area contributed by atoms with Crippen molar-refractivity contribution >= 4 is 40.0 Å². The van der Waals surface area contributed by atoms with Crippen LogP contribution in [0, 0.1) is 0 Å². The van der Waals surface area contributed by atoms with Crippen LogP contribution in [0.4, 0.5) is 10.8 Å². The van der Waals surface area contributed by atoms with Crippen LogP contribution in [0.3, 0.4) is 0 Å². The number of carbonyl (C=O) groups excluding carboxylic acids is 3. The van der Waals surface area contributed by atoms with E-state index < -0.39 is 24.5 Å². The smallest absolute Gasteiger partial charge is 0.358 e. The number of nitrogens with one attached hydrogen (secondary N) is 2. The van der Waals surface area contributed by atoms with Gasteiger partial charge in [-0.2, -0.15) is 0 Å². The summed E-state index contributed by atoms with van der Waals surface area (Å²) in [6, 6.07) is 16.0. The zero-order valence-electron chi connectivity index (χ0n) is 17.7. The largest absolute Gasteiger partial charge is 0.459 e. The van der Waals surface area contributed by atoms with Crippen LogP contribution in [0.15, 0.2) is 60.0 Å². The van der Waals surface area contributed by atoms with E-state index in [0.29, 0.717) is 22.9 Å². The molecule has 166 valence electrons. The van der Waals surface area contributed by atoms with E-state index in [2.05, 4.69) is 15.6 Å². The Morgan fingerprint density at radius 3 is 2.41 bits per heavy atom. The number of rotatable bonds is 9. The lowest BCUT2D eigenvalue weighted by atomic mass is 10.2. The number of hydrogen-bond acceptors (Lipinski definition) is 8. The predicted molar refractivity (Wildman–Crippen MR) is 122 cm³/mol. The Labute approximate surface area is 189 Å². The molecule has 0 saturated heterocycles. The van der Waals surface area contributed by atoms with Gasteiger partial charge in [-0.15, -0.1) is 11.3 Å². The average Bonchev–Trinajstić information content (AvgIpc) is 3.26. The lowest BCUT2D eigenvalue weighted by molar-refractivity contribution is -0.119. The van der Waals surface area contributed by atoms with E-state index in [1.807, 2.05) is 30.3 Å². The van der Waals surface area contributed by atoms with Gasteiger partial charge in [0.25, 0.3) is 5.91 Å². The fourth-order valence-electron chi connectivity index (χ4n) is 2.60. The fourth-order valence-corrected chi connectivity index (χ4v) is 3.27. The van der Waals surface area contributed by atoms with Crippen molar-refractivity contribution in [1.82, 2.24) is 4.98 Å². The van der Waals surface area contributed by atoms with Gasteiger partial charge < -0.3 is 20.1 Å². The SMILES string of the molecule is CC(C)OC(=O)c1ccc(NC(=O)COC(=O)c2csc(NCc3ccccc3)n2)cc1. The molecule has 0 atom stereocenters. The molecule has 8 nitrogen and oxygen atoms in total. The molecule has 2 N–H and O–H groups in total. The third-order valence-electron chi connectivity index (χ3n) is 4.08. The second kappa shape index (κ2) is 11.1. The van der Waals surface area contributed by atoms with Gasteiger partial charge in [-0.25, -0.2) is 14.6 Å². The summed E-state index contributed by atoms with van der Waals surface area (Å²) in [5.74, 6) is -1.63. The van der Waals surface area contributed by atoms with Crippen LogP contribution in [0.5, 0.6) is 0 Å². The van der Waals surface area contributed by atoms with Crippen molar-refractivity contribution in [3.63, 3.8) is 0 Å². The van der Waals surface area contributed by atoms with E-state index in [1.165, 1.54) is 11.3 Å². The Hall–Kier alpha value is -3.72. The number of esters is 2. The third kappa shape index (κ3) is 6.92. The van der Waals surface area contributed by atoms with Crippen molar-refractivity contribution < 1.29 is 23.9 Å². The molecule has 0 radical (unpaired) electrons. The first-order chi connectivity index (χ1) is 15.4. The Morgan fingerprint density at radius 2 is 1.72 bits per heavy atom. The standard InChI is InChI=1S/C23H23N3O5S/c1-15(2)31-21(28)17-8-10-18(11-9-17)25-20(27)13-30-22(29)19-14-32-23(26-19)24-12-16-6-4-3-5-7-16/h3-11,14-15H,12-13H2,1-2H3,(H,24,26)(H,25,27). The van der Waals surface area contributed by atoms with Crippen molar-refractivity contribution in [1.29, 1.82) is 0 Å². The highest BCUT2D eigenvalue weighted by atomic mass is 32.1. The van der Waals surface area contributed by atoms with Gasteiger partial charge in [-0.3, -0.25) is 4.79 Å². The maximum absolute atomic E-state index is 12.2. The highest BCUT2D eigenvalue weighted by Gasteiger charge is 2.15. The minimum Gasteiger partial charge on any atom is -0.459 e. The average molecular weight is 454 g/mol. The van der Waals surface area contributed by atoms with Crippen molar-refractivity contribution in [3.8, 4) is 0 Å². The van der Waals surface area contributed by atoms with Crippen LogP contribution in [0.25, 0.3) is 0 Å². The molecule has 0 spiro atoms. The number of benzene rings is 2. The van der Waals surface area contributed by atoms with Crippen molar-refractivity contribution in [3.05, 3.63) is 76.8 Å². The lowest BCUT2D eigenvalue weighted by Crippen LogP contribution is -2.21. The zero-order valence-corrected chi connectivity index (χ0v) is 18.5. The second-order valence-electron chi connectivity index (χ2n) is 7.03. The van der Waals surface area contributed by atoms with Gasteiger partial charge in [-0.1, -0.05) is 30.3 Å². The summed E-state index contributed by atoms with van der Waals surface area (Å²) >= 11 is 1.28. The fraction of sp³-hybridized carbons (Fsp3) is 0.217. The lowest BCUT2D eigenvalue weighted by Gasteiger charge is -2.09. The minimum atomic E-state index is -0.684. The topological polar surface area (TPSA) is 107 Å². The summed E-state index contributed by atoms with van der Waals surface area (Å²) in [4.78, 5) is 40.3. The number of nitrogens with zero attached hydrogens (tertiary/aromatic N) is 1. The highest BCUT2D eigenvalue weighted by molar-refractivity contribution is 7.13. The summed E-state index contributed by atoms with van der Waals surface area (Å²) in [5.41, 5.74) is 2.07. The van der Waals surface area contributed by atoms with E-state index in [0.717, 1.165) is 5.56 Å². The maximum Gasteiger partial charge on any atom is 0.358 e. The van der Waals surface area contributed by atoms with Crippen molar-refractivity contribution in [2.45, 2.75) is 26.5 Å². The molecule has 1 heterocycles. The minimum absolute atomic E-state index is 0.131. The van der Waals surface area contributed by atoms with Crippen molar-refractivity contribution in [2.24, 2.45) is 0 Å². The number of carbonyl (C=O) groups is 3. The zero-order chi connectivity index (χ0) is 22.9. The summed E-state index contributed by atoms with van der Waals surface area (Å²) in [6.07, 6.45) is -0.218. The van der Waals surface area contributed by atoms with Crippen LogP contribution in [0.2, 0.25) is 0 Å². The first kappa shape index (κ1) is 23.0. The van der Waals surface area contributed by atoms with Gasteiger partial charge in [0.15, 0.2) is 17.4 Å². The van der Waals surface area contributed by atoms with E-state index in [-0.39, 0.29) is 11.8 Å². The van der Waals surface area contributed by atoms with Crippen molar-refractivity contribution in [2.75, 3.05) is 17.2 Å². The summed E-state index contributed by atoms with van der Waals surface area (Å²) < 4.78 is 10.1. The highest BCUT2D eigenvalue weighted by Crippen LogP contribution is 2.17. The van der Waals surface area contributed by atoms with Crippen LogP contribution < -0.4 is 10.6 Å². The normalized spacial score (nSPS) is 10.5. The number of hydrogen-bond donors (Lipinski definition) is 2. The molecule has 1 amide bonds. The van der Waals surface area contributed by atoms with Gasteiger partial charge in [0, 0.05) is 17.6 Å². The molecule has 3 aromatic rings. The Balaban J connectivity index is 1.44. The Kier molecular flexibility index (Phi) is 7.93. The van der Waals surface area contributed by atoms with Gasteiger partial charge >= 0.3 is 11.9 Å². The molecule has 2 aromatic carbocycles. The molecule has 0 fully saturated rings. The number of aromatic nitrogens is 1. The van der Waals surface area contributed by atoms with Gasteiger partial charge in [0.2, 0.25) is 0 Å².